The Balaban J connectivity index is 1.08. The molecule has 0 unspecified atom stereocenters. The van der Waals surface area contributed by atoms with Crippen molar-refractivity contribution in [2.75, 3.05) is 4.90 Å². The van der Waals surface area contributed by atoms with Crippen molar-refractivity contribution in [3.05, 3.63) is 92.5 Å². The van der Waals surface area contributed by atoms with Gasteiger partial charge >= 0.3 is 12.2 Å². The van der Waals surface area contributed by atoms with Gasteiger partial charge in [0.15, 0.2) is 16.6 Å². The number of pyridine rings is 1. The summed E-state index contributed by atoms with van der Waals surface area (Å²) in [7, 11) is 0. The number of rotatable bonds is 5. The first-order chi connectivity index (χ1) is 25.5. The Labute approximate surface area is 317 Å². The summed E-state index contributed by atoms with van der Waals surface area (Å²) in [6.07, 6.45) is 0.575. The van der Waals surface area contributed by atoms with Gasteiger partial charge in [0.1, 0.15) is 11.2 Å². The van der Waals surface area contributed by atoms with Crippen molar-refractivity contribution in [1.29, 1.82) is 0 Å². The van der Waals surface area contributed by atoms with Gasteiger partial charge in [-0.05, 0) is 101 Å². The van der Waals surface area contributed by atoms with Gasteiger partial charge < -0.3 is 18.6 Å². The SMILES string of the molecule is CC(C)(C)OC(=O)N(C(=O)OC(C)(C)C)c1noc2cc(C3=C(F)N=C([C@@H]4[C@H]5C[C@H]5c5cc(-c6cc(Cl)ccc6-n6cc(Cl)nn6)cc(=O)n54)C3)ccc12. The summed E-state index contributed by atoms with van der Waals surface area (Å²) in [5.41, 5.74) is 2.29. The molecule has 2 aromatic carbocycles. The molecule has 0 saturated heterocycles. The molecule has 2 aliphatic heterocycles. The number of aliphatic imine (C=N–C) groups is 1. The van der Waals surface area contributed by atoms with E-state index >= 15 is 4.39 Å². The second-order valence-electron chi connectivity index (χ2n) is 15.5. The minimum atomic E-state index is -0.996. The van der Waals surface area contributed by atoms with E-state index < -0.39 is 35.4 Å². The maximum Gasteiger partial charge on any atom is 0.425 e. The molecule has 0 N–H and O–H groups in total. The lowest BCUT2D eigenvalue weighted by Gasteiger charge is -2.27. The van der Waals surface area contributed by atoms with Crippen molar-refractivity contribution in [3.63, 3.8) is 0 Å². The van der Waals surface area contributed by atoms with Crippen molar-refractivity contribution in [3.8, 4) is 16.8 Å². The van der Waals surface area contributed by atoms with E-state index in [0.717, 1.165) is 12.1 Å². The van der Waals surface area contributed by atoms with Crippen LogP contribution in [0.3, 0.4) is 0 Å². The first-order valence-corrected chi connectivity index (χ1v) is 18.0. The predicted molar refractivity (Wildman–Crippen MR) is 200 cm³/mol. The Morgan fingerprint density at radius 1 is 0.963 bits per heavy atom. The molecule has 1 aliphatic carbocycles. The number of amides is 2. The van der Waals surface area contributed by atoms with Crippen molar-refractivity contribution in [1.82, 2.24) is 24.7 Å². The fourth-order valence-electron chi connectivity index (χ4n) is 7.15. The number of nitrogens with zero attached hydrogens (tertiary/aromatic N) is 7. The van der Waals surface area contributed by atoms with E-state index in [0.29, 0.717) is 49.0 Å². The maximum atomic E-state index is 15.8. The molecule has 1 fully saturated rings. The van der Waals surface area contributed by atoms with Crippen LogP contribution in [0.4, 0.5) is 19.8 Å². The largest absolute Gasteiger partial charge is 0.443 e. The van der Waals surface area contributed by atoms with Gasteiger partial charge in [-0.1, -0.05) is 39.6 Å². The molecule has 0 spiro atoms. The highest BCUT2D eigenvalue weighted by Gasteiger charge is 2.55. The third kappa shape index (κ3) is 6.47. The van der Waals surface area contributed by atoms with Crippen molar-refractivity contribution >= 4 is 63.5 Å². The zero-order valence-corrected chi connectivity index (χ0v) is 31.6. The third-order valence-corrected chi connectivity index (χ3v) is 9.75. The Kier molecular flexibility index (Phi) is 8.34. The van der Waals surface area contributed by atoms with E-state index in [1.807, 2.05) is 6.07 Å². The van der Waals surface area contributed by atoms with E-state index in [-0.39, 0.29) is 40.4 Å². The molecule has 16 heteroatoms. The summed E-state index contributed by atoms with van der Waals surface area (Å²) in [5, 5.41) is 13.0. The van der Waals surface area contributed by atoms with Crippen LogP contribution in [0.2, 0.25) is 10.2 Å². The average molecular weight is 775 g/mol. The number of hydrogen-bond acceptors (Lipinski definition) is 10. The first kappa shape index (κ1) is 35.7. The lowest BCUT2D eigenvalue weighted by atomic mass is 9.97. The van der Waals surface area contributed by atoms with Crippen LogP contribution >= 0.6 is 23.2 Å². The molecule has 0 bridgehead atoms. The van der Waals surface area contributed by atoms with Crippen LogP contribution in [0.15, 0.2) is 75.0 Å². The fraction of sp³-hybridized carbons (Fsp3) is 0.342. The van der Waals surface area contributed by atoms with Crippen LogP contribution in [0.1, 0.15) is 77.6 Å². The van der Waals surface area contributed by atoms with E-state index in [1.54, 1.807) is 94.8 Å². The molecule has 0 radical (unpaired) electrons. The molecule has 8 rings (SSSR count). The van der Waals surface area contributed by atoms with Gasteiger partial charge in [0, 0.05) is 46.0 Å². The number of imide groups is 1. The van der Waals surface area contributed by atoms with E-state index in [1.165, 1.54) is 4.68 Å². The number of allylic oxidation sites excluding steroid dienone is 1. The molecule has 5 heterocycles. The lowest BCUT2D eigenvalue weighted by Crippen LogP contribution is -2.44. The molecule has 3 aliphatic rings. The zero-order valence-electron chi connectivity index (χ0n) is 30.1. The Hall–Kier alpha value is -5.34. The minimum absolute atomic E-state index is 0.0952. The Bertz CT molecular complexity index is 2500. The fourth-order valence-corrected chi connectivity index (χ4v) is 7.44. The summed E-state index contributed by atoms with van der Waals surface area (Å²) < 4.78 is 35.6. The van der Waals surface area contributed by atoms with E-state index in [4.69, 9.17) is 37.2 Å². The quantitative estimate of drug-likeness (QED) is 0.160. The highest BCUT2D eigenvalue weighted by atomic mass is 35.5. The lowest BCUT2D eigenvalue weighted by molar-refractivity contribution is 0.0428. The van der Waals surface area contributed by atoms with Crippen LogP contribution in [0.5, 0.6) is 0 Å². The Morgan fingerprint density at radius 3 is 2.35 bits per heavy atom. The topological polar surface area (TPSA) is 147 Å². The summed E-state index contributed by atoms with van der Waals surface area (Å²) in [6, 6.07) is 13.2. The van der Waals surface area contributed by atoms with Gasteiger partial charge in [-0.15, -0.1) is 5.10 Å². The standard InChI is InChI=1S/C38H34Cl2FN7O6/c1-37(2,3)52-35(50)48(36(51)53-38(4,5)6)34-21-9-7-18(12-29(21)54-44-34)23-16-26(42-33(23)41)32-25-15-24(25)28-11-19(13-31(49)47(28)32)22-14-20(39)8-10-27(22)46-17-30(40)43-45-46/h7-14,17,24-25,32H,15-16H2,1-6H3/t24-,25+,32+/m1/s1. The number of carbonyl (C=O) groups excluding carboxylic acids is 2. The van der Waals surface area contributed by atoms with Gasteiger partial charge in [-0.25, -0.2) is 19.3 Å². The number of halogens is 3. The van der Waals surface area contributed by atoms with Crippen LogP contribution in [-0.2, 0) is 9.47 Å². The zero-order chi connectivity index (χ0) is 38.4. The van der Waals surface area contributed by atoms with Gasteiger partial charge in [-0.2, -0.15) is 9.29 Å². The highest BCUT2D eigenvalue weighted by molar-refractivity contribution is 6.31. The number of ether oxygens (including phenoxy) is 2. The molecule has 54 heavy (non-hydrogen) atoms. The van der Waals surface area contributed by atoms with Gasteiger partial charge in [-0.3, -0.25) is 4.79 Å². The van der Waals surface area contributed by atoms with E-state index in [9.17, 15) is 14.4 Å². The number of anilines is 1. The molecular weight excluding hydrogens is 740 g/mol. The van der Waals surface area contributed by atoms with Crippen LogP contribution in [0, 0.1) is 5.92 Å². The normalized spacial score (nSPS) is 19.1. The molecule has 1 saturated carbocycles. The monoisotopic (exact) mass is 773 g/mol. The Morgan fingerprint density at radius 2 is 1.69 bits per heavy atom. The molecule has 5 aromatic rings. The molecule has 13 nitrogen and oxygen atoms in total. The molecule has 3 atom stereocenters. The van der Waals surface area contributed by atoms with Gasteiger partial charge in [0.25, 0.3) is 5.56 Å². The predicted octanol–water partition coefficient (Wildman–Crippen LogP) is 9.06. The van der Waals surface area contributed by atoms with Gasteiger partial charge in [0.05, 0.1) is 23.3 Å². The van der Waals surface area contributed by atoms with Crippen LogP contribution in [0.25, 0.3) is 33.4 Å². The maximum absolute atomic E-state index is 15.8. The summed E-state index contributed by atoms with van der Waals surface area (Å²) in [6.45, 7) is 10.0. The number of fused-ring (bicyclic) bond motifs is 4. The second kappa shape index (κ2) is 12.6. The second-order valence-corrected chi connectivity index (χ2v) is 16.4. The summed E-state index contributed by atoms with van der Waals surface area (Å²) >= 11 is 12.4. The molecule has 278 valence electrons. The van der Waals surface area contributed by atoms with E-state index in [2.05, 4.69) is 20.5 Å². The van der Waals surface area contributed by atoms with Crippen molar-refractivity contribution in [2.45, 2.75) is 77.5 Å². The molecule has 3 aromatic heterocycles. The number of hydrogen-bond donors (Lipinski definition) is 0. The molecular formula is C38H34Cl2FN7O6. The first-order valence-electron chi connectivity index (χ1n) is 17.2. The smallest absolute Gasteiger partial charge is 0.425 e. The minimum Gasteiger partial charge on any atom is -0.443 e. The van der Waals surface area contributed by atoms with Crippen molar-refractivity contribution < 1.29 is 28.0 Å². The van der Waals surface area contributed by atoms with Crippen LogP contribution < -0.4 is 10.5 Å². The highest BCUT2D eigenvalue weighted by Crippen LogP contribution is 2.60. The molecule has 2 amide bonds. The third-order valence-electron chi connectivity index (χ3n) is 9.34. The van der Waals surface area contributed by atoms with Crippen molar-refractivity contribution in [2.24, 2.45) is 10.9 Å². The summed E-state index contributed by atoms with van der Waals surface area (Å²) in [5.74, 6) is -0.590. The summed E-state index contributed by atoms with van der Waals surface area (Å²) in [4.78, 5) is 45.4. The van der Waals surface area contributed by atoms with Gasteiger partial charge in [0.2, 0.25) is 5.95 Å². The number of aromatic nitrogens is 5. The average Bonchev–Trinajstić information content (AvgIpc) is 3.34. The number of carbonyl (C=O) groups is 2. The van der Waals surface area contributed by atoms with Crippen LogP contribution in [-0.4, -0.2) is 53.8 Å². The number of benzene rings is 2.